The van der Waals surface area contributed by atoms with E-state index in [0.29, 0.717) is 15.1 Å². The van der Waals surface area contributed by atoms with E-state index in [0.717, 1.165) is 11.8 Å². The summed E-state index contributed by atoms with van der Waals surface area (Å²) in [6.07, 6.45) is 0. The fourth-order valence-corrected chi connectivity index (χ4v) is 5.60. The van der Waals surface area contributed by atoms with Crippen LogP contribution in [0.5, 0.6) is 0 Å². The van der Waals surface area contributed by atoms with E-state index in [1.165, 1.54) is 9.79 Å². The molecule has 0 N–H and O–H groups in total. The summed E-state index contributed by atoms with van der Waals surface area (Å²) < 4.78 is 0. The zero-order valence-electron chi connectivity index (χ0n) is 13.8. The number of carbonyl (C=O) groups excluding carboxylic acids is 1. The molecule has 3 aromatic rings. The van der Waals surface area contributed by atoms with Gasteiger partial charge in [-0.2, -0.15) is 0 Å². The van der Waals surface area contributed by atoms with E-state index in [2.05, 4.69) is 24.3 Å². The van der Waals surface area contributed by atoms with Crippen LogP contribution in [-0.4, -0.2) is 5.97 Å². The molecule has 0 heterocycles. The lowest BCUT2D eigenvalue weighted by molar-refractivity contribution is -0.302. The highest BCUT2D eigenvalue weighted by molar-refractivity contribution is 7.97. The SMILES string of the molecule is CC(=O)[O-].Clc1cc(Cl)c([S+](c2ccccc2)c2ccccc2)c(Cl)c1. The third-order valence-corrected chi connectivity index (χ3v) is 6.50. The van der Waals surface area contributed by atoms with E-state index in [9.17, 15) is 0 Å². The highest BCUT2D eigenvalue weighted by atomic mass is 35.5. The van der Waals surface area contributed by atoms with Crippen LogP contribution in [0.25, 0.3) is 0 Å². The molecule has 0 aliphatic carbocycles. The van der Waals surface area contributed by atoms with Gasteiger partial charge in [-0.15, -0.1) is 0 Å². The lowest BCUT2D eigenvalue weighted by atomic mass is 10.3. The first kappa shape index (κ1) is 20.7. The Balaban J connectivity index is 0.000000552. The van der Waals surface area contributed by atoms with Crippen LogP contribution in [0.1, 0.15) is 6.92 Å². The molecule has 0 amide bonds. The predicted molar refractivity (Wildman–Crippen MR) is 107 cm³/mol. The van der Waals surface area contributed by atoms with Crippen LogP contribution >= 0.6 is 34.8 Å². The summed E-state index contributed by atoms with van der Waals surface area (Å²) in [6.45, 7) is 0.972. The summed E-state index contributed by atoms with van der Waals surface area (Å²) in [6, 6.07) is 24.0. The third kappa shape index (κ3) is 5.68. The van der Waals surface area contributed by atoms with Gasteiger partial charge in [0.05, 0.1) is 10.0 Å². The van der Waals surface area contributed by atoms with Gasteiger partial charge in [0.25, 0.3) is 0 Å². The molecule has 6 heteroatoms. The number of rotatable bonds is 3. The number of hydrogen-bond donors (Lipinski definition) is 0. The normalized spacial score (nSPS) is 10.2. The van der Waals surface area contributed by atoms with Gasteiger partial charge < -0.3 is 9.90 Å². The monoisotopic (exact) mass is 424 g/mol. The Morgan fingerprint density at radius 3 is 1.50 bits per heavy atom. The Kier molecular flexibility index (Phi) is 7.85. The molecule has 0 aliphatic rings. The first-order chi connectivity index (χ1) is 12.4. The molecule has 0 unspecified atom stereocenters. The van der Waals surface area contributed by atoms with Crippen molar-refractivity contribution in [2.24, 2.45) is 0 Å². The number of aliphatic carboxylic acids is 1. The van der Waals surface area contributed by atoms with Gasteiger partial charge in [-0.25, -0.2) is 0 Å². The topological polar surface area (TPSA) is 40.1 Å². The fraction of sp³-hybridized carbons (Fsp3) is 0.0500. The smallest absolute Gasteiger partial charge is 0.203 e. The summed E-state index contributed by atoms with van der Waals surface area (Å²) in [5.74, 6) is -1.08. The number of hydrogen-bond acceptors (Lipinski definition) is 2. The predicted octanol–water partition coefficient (Wildman–Crippen LogP) is 5.50. The van der Waals surface area contributed by atoms with Crippen molar-refractivity contribution in [1.82, 2.24) is 0 Å². The summed E-state index contributed by atoms with van der Waals surface area (Å²) in [5.41, 5.74) is 0. The largest absolute Gasteiger partial charge is 0.550 e. The maximum Gasteiger partial charge on any atom is 0.203 e. The third-order valence-electron chi connectivity index (χ3n) is 3.12. The van der Waals surface area contributed by atoms with Gasteiger partial charge in [-0.1, -0.05) is 71.2 Å². The molecular weight excluding hydrogens is 411 g/mol. The Hall–Kier alpha value is -1.65. The molecule has 2 nitrogen and oxygen atoms in total. The van der Waals surface area contributed by atoms with Crippen molar-refractivity contribution in [1.29, 1.82) is 0 Å². The Labute approximate surface area is 170 Å². The molecule has 134 valence electrons. The number of carboxylic acids is 1. The molecule has 3 aromatic carbocycles. The van der Waals surface area contributed by atoms with Crippen LogP contribution < -0.4 is 5.11 Å². The number of benzene rings is 3. The minimum absolute atomic E-state index is 0.369. The zero-order chi connectivity index (χ0) is 19.1. The molecule has 0 fully saturated rings. The standard InChI is InChI=1S/C18H12Cl3S.C2H4O2/c19-13-11-16(20)18(17(21)12-13)22(14-7-3-1-4-8-14)15-9-5-2-6-10-15;1-2(3)4/h1-12H;1H3,(H,3,4)/q+1;/p-1. The molecule has 0 aromatic heterocycles. The molecule has 0 saturated carbocycles. The van der Waals surface area contributed by atoms with E-state index in [1.807, 2.05) is 36.4 Å². The van der Waals surface area contributed by atoms with Gasteiger partial charge in [0, 0.05) is 11.0 Å². The van der Waals surface area contributed by atoms with Gasteiger partial charge in [-0.05, 0) is 43.3 Å². The minimum Gasteiger partial charge on any atom is -0.550 e. The lowest BCUT2D eigenvalue weighted by Crippen LogP contribution is -2.16. The summed E-state index contributed by atoms with van der Waals surface area (Å²) in [4.78, 5) is 12.1. The van der Waals surface area contributed by atoms with Gasteiger partial charge in [0.2, 0.25) is 4.90 Å². The second-order valence-electron chi connectivity index (χ2n) is 5.12. The van der Waals surface area contributed by atoms with Gasteiger partial charge in [0.15, 0.2) is 9.79 Å². The van der Waals surface area contributed by atoms with Crippen LogP contribution in [-0.2, 0) is 15.7 Å². The van der Waals surface area contributed by atoms with Crippen molar-refractivity contribution in [3.8, 4) is 0 Å². The van der Waals surface area contributed by atoms with Crippen molar-refractivity contribution in [2.75, 3.05) is 0 Å². The van der Waals surface area contributed by atoms with Crippen LogP contribution in [0, 0.1) is 0 Å². The molecular formula is C20H15Cl3O2S. The average Bonchev–Trinajstić information content (AvgIpc) is 2.59. The Morgan fingerprint density at radius 2 is 1.15 bits per heavy atom. The maximum absolute atomic E-state index is 8.89. The second-order valence-corrected chi connectivity index (χ2v) is 8.34. The van der Waals surface area contributed by atoms with E-state index >= 15 is 0 Å². The van der Waals surface area contributed by atoms with E-state index in [1.54, 1.807) is 12.1 Å². The van der Waals surface area contributed by atoms with Crippen LogP contribution in [0.4, 0.5) is 0 Å². The maximum atomic E-state index is 8.89. The van der Waals surface area contributed by atoms with Crippen LogP contribution in [0.3, 0.4) is 0 Å². The van der Waals surface area contributed by atoms with Crippen molar-refractivity contribution in [2.45, 2.75) is 21.6 Å². The van der Waals surface area contributed by atoms with E-state index < -0.39 is 5.97 Å². The van der Waals surface area contributed by atoms with Gasteiger partial charge in [-0.3, -0.25) is 0 Å². The molecule has 0 bridgehead atoms. The molecule has 0 saturated heterocycles. The van der Waals surface area contributed by atoms with Gasteiger partial charge in [0.1, 0.15) is 10.9 Å². The first-order valence-electron chi connectivity index (χ1n) is 7.56. The second kappa shape index (κ2) is 9.89. The van der Waals surface area contributed by atoms with Crippen LogP contribution in [0.2, 0.25) is 15.1 Å². The molecule has 26 heavy (non-hydrogen) atoms. The first-order valence-corrected chi connectivity index (χ1v) is 9.92. The molecule has 3 rings (SSSR count). The molecule has 0 spiro atoms. The summed E-state index contributed by atoms with van der Waals surface area (Å²) in [5, 5.41) is 10.6. The summed E-state index contributed by atoms with van der Waals surface area (Å²) >= 11 is 19.0. The fourth-order valence-electron chi connectivity index (χ4n) is 2.21. The minimum atomic E-state index is -1.08. The lowest BCUT2D eigenvalue weighted by Gasteiger charge is -2.11. The van der Waals surface area contributed by atoms with Crippen LogP contribution in [0.15, 0.2) is 87.5 Å². The highest BCUT2D eigenvalue weighted by Crippen LogP contribution is 2.40. The van der Waals surface area contributed by atoms with Crippen molar-refractivity contribution < 1.29 is 9.90 Å². The molecule has 0 radical (unpaired) electrons. The van der Waals surface area contributed by atoms with E-state index in [4.69, 9.17) is 44.7 Å². The molecule has 0 atom stereocenters. The molecule has 0 aliphatic heterocycles. The zero-order valence-corrected chi connectivity index (χ0v) is 16.9. The van der Waals surface area contributed by atoms with Gasteiger partial charge >= 0.3 is 0 Å². The average molecular weight is 426 g/mol. The van der Waals surface area contributed by atoms with Crippen molar-refractivity contribution in [3.05, 3.63) is 87.9 Å². The number of halogens is 3. The van der Waals surface area contributed by atoms with E-state index in [-0.39, 0.29) is 10.9 Å². The van der Waals surface area contributed by atoms with Crippen molar-refractivity contribution in [3.63, 3.8) is 0 Å². The quantitative estimate of drug-likeness (QED) is 0.520. The highest BCUT2D eigenvalue weighted by Gasteiger charge is 2.33. The Morgan fingerprint density at radius 1 is 0.808 bits per heavy atom. The summed E-state index contributed by atoms with van der Waals surface area (Å²) in [7, 11) is -0.369. The van der Waals surface area contributed by atoms with Crippen molar-refractivity contribution >= 4 is 51.7 Å². The number of carbonyl (C=O) groups is 1. The number of carboxylic acid groups (broad SMARTS) is 1. The Bertz CT molecular complexity index is 804.